The number of nitrogens with zero attached hydrogens (tertiary/aromatic N) is 1. The van der Waals surface area contributed by atoms with E-state index in [1.807, 2.05) is 30.3 Å². The van der Waals surface area contributed by atoms with Crippen LogP contribution in [-0.2, 0) is 9.67 Å². The topological polar surface area (TPSA) is 32.3 Å². The van der Waals surface area contributed by atoms with Crippen LogP contribution in [0.3, 0.4) is 0 Å². The summed E-state index contributed by atoms with van der Waals surface area (Å²) < 4.78 is 0. The Balaban J connectivity index is 2.06. The predicted octanol–water partition coefficient (Wildman–Crippen LogP) is 4.16. The third-order valence-electron chi connectivity index (χ3n) is 5.35. The van der Waals surface area contributed by atoms with Gasteiger partial charge < -0.3 is 5.32 Å². The maximum atomic E-state index is 13.1. The average Bonchev–Trinajstić information content (AvgIpc) is 2.71. The van der Waals surface area contributed by atoms with Gasteiger partial charge in [-0.2, -0.15) is 0 Å². The summed E-state index contributed by atoms with van der Waals surface area (Å²) in [6, 6.07) is 9.79. The van der Waals surface area contributed by atoms with Gasteiger partial charge in [-0.05, 0) is 37.4 Å². The van der Waals surface area contributed by atoms with Crippen LogP contribution in [0.4, 0.5) is 0 Å². The van der Waals surface area contributed by atoms with Crippen LogP contribution in [0.2, 0.25) is 0 Å². The van der Waals surface area contributed by atoms with Crippen LogP contribution >= 0.6 is 11.6 Å². The molecule has 1 saturated carbocycles. The van der Waals surface area contributed by atoms with Gasteiger partial charge in [0.1, 0.15) is 0 Å². The third kappa shape index (κ3) is 5.25. The number of nitrogens with one attached hydrogen (secondary N) is 1. The van der Waals surface area contributed by atoms with E-state index >= 15 is 0 Å². The van der Waals surface area contributed by atoms with E-state index in [4.69, 9.17) is 11.6 Å². The molecule has 1 N–H and O–H groups in total. The molecule has 2 rings (SSSR count). The molecule has 0 aliphatic heterocycles. The number of benzene rings is 1. The molecule has 0 spiro atoms. The van der Waals surface area contributed by atoms with Gasteiger partial charge in [0, 0.05) is 0 Å². The Hall–Kier alpha value is -1.50. The quantitative estimate of drug-likeness (QED) is 0.574. The Kier molecular flexibility index (Phi) is 8.48. The highest BCUT2D eigenvalue weighted by Crippen LogP contribution is 2.44. The fourth-order valence-electron chi connectivity index (χ4n) is 3.66. The summed E-state index contributed by atoms with van der Waals surface area (Å²) in [5, 5.41) is 2.97. The minimum absolute atomic E-state index is 0.116. The molecule has 0 bridgehead atoms. The van der Waals surface area contributed by atoms with Crippen LogP contribution < -0.4 is 5.32 Å². The summed E-state index contributed by atoms with van der Waals surface area (Å²) in [6.45, 7) is 7.29. The van der Waals surface area contributed by atoms with Gasteiger partial charge in [-0.3, -0.25) is 9.69 Å². The second kappa shape index (κ2) is 10.6. The Morgan fingerprint density at radius 3 is 2.42 bits per heavy atom. The monoisotopic (exact) mass is 374 g/mol. The van der Waals surface area contributed by atoms with Crippen LogP contribution in [-0.4, -0.2) is 37.0 Å². The smallest absolute Gasteiger partial charge is 0.246 e. The molecule has 3 nitrogen and oxygen atoms in total. The van der Waals surface area contributed by atoms with Crippen molar-refractivity contribution in [2.75, 3.05) is 26.2 Å². The van der Waals surface area contributed by atoms with E-state index in [2.05, 4.69) is 35.9 Å². The third-order valence-corrected chi connectivity index (χ3v) is 6.05. The van der Waals surface area contributed by atoms with E-state index in [0.717, 1.165) is 50.9 Å². The van der Waals surface area contributed by atoms with Gasteiger partial charge in [0.15, 0.2) is 4.87 Å². The number of rotatable bonds is 7. The molecule has 1 amide bonds. The number of hydrogen-bond donors (Lipinski definition) is 1. The lowest BCUT2D eigenvalue weighted by Crippen LogP contribution is -2.46. The van der Waals surface area contributed by atoms with Gasteiger partial charge in [0.05, 0.1) is 13.1 Å². The standard InChI is InChI=1S/C22H31ClN2O/c1-3-25(4-2)18-12-11-17-24-21(26)22(23,19-13-7-5-8-14-19)20-15-9-6-10-16-20/h5,7-8,13-14,20H,3-4,6,9-10,15-18H2,1-2H3,(H,24,26). The first-order chi connectivity index (χ1) is 12.6. The van der Waals surface area contributed by atoms with E-state index in [-0.39, 0.29) is 11.8 Å². The molecule has 1 aliphatic carbocycles. The molecule has 0 aromatic heterocycles. The van der Waals surface area contributed by atoms with Crippen LogP contribution in [0.1, 0.15) is 51.5 Å². The van der Waals surface area contributed by atoms with Crippen molar-refractivity contribution >= 4 is 17.5 Å². The fraction of sp³-hybridized carbons (Fsp3) is 0.591. The van der Waals surface area contributed by atoms with Crippen LogP contribution in [0.5, 0.6) is 0 Å². The van der Waals surface area contributed by atoms with Crippen LogP contribution in [0, 0.1) is 17.8 Å². The molecule has 1 fully saturated rings. The molecule has 1 aromatic rings. The SMILES string of the molecule is CCN(CC)CC#CCNC(=O)C(Cl)(c1ccccc1)C1CCCCC1. The Labute approximate surface area is 163 Å². The Morgan fingerprint density at radius 1 is 1.15 bits per heavy atom. The molecule has 0 saturated heterocycles. The van der Waals surface area contributed by atoms with Gasteiger partial charge in [0.2, 0.25) is 5.91 Å². The number of amides is 1. The van der Waals surface area contributed by atoms with E-state index < -0.39 is 4.87 Å². The number of hydrogen-bond acceptors (Lipinski definition) is 2. The zero-order valence-corrected chi connectivity index (χ0v) is 16.8. The first kappa shape index (κ1) is 20.8. The molecule has 1 unspecified atom stereocenters. The Bertz CT molecular complexity index is 612. The van der Waals surface area contributed by atoms with Crippen molar-refractivity contribution in [3.05, 3.63) is 35.9 Å². The molecule has 1 aromatic carbocycles. The maximum absolute atomic E-state index is 13.1. The van der Waals surface area contributed by atoms with Gasteiger partial charge in [-0.25, -0.2) is 0 Å². The summed E-state index contributed by atoms with van der Waals surface area (Å²) in [5.74, 6) is 6.25. The lowest BCUT2D eigenvalue weighted by Gasteiger charge is -2.36. The molecular formula is C22H31ClN2O. The van der Waals surface area contributed by atoms with E-state index in [9.17, 15) is 4.79 Å². The first-order valence-electron chi connectivity index (χ1n) is 9.83. The summed E-state index contributed by atoms with van der Waals surface area (Å²) in [6.07, 6.45) is 5.52. The zero-order valence-electron chi connectivity index (χ0n) is 16.1. The summed E-state index contributed by atoms with van der Waals surface area (Å²) in [5.41, 5.74) is 0.891. The van der Waals surface area contributed by atoms with Crippen molar-refractivity contribution in [2.24, 2.45) is 5.92 Å². The normalized spacial score (nSPS) is 17.2. The van der Waals surface area contributed by atoms with Crippen molar-refractivity contribution in [2.45, 2.75) is 50.8 Å². The molecule has 26 heavy (non-hydrogen) atoms. The lowest BCUT2D eigenvalue weighted by molar-refractivity contribution is -0.125. The second-order valence-electron chi connectivity index (χ2n) is 6.91. The first-order valence-corrected chi connectivity index (χ1v) is 10.2. The molecular weight excluding hydrogens is 344 g/mol. The molecule has 1 aliphatic rings. The van der Waals surface area contributed by atoms with Crippen molar-refractivity contribution in [1.82, 2.24) is 10.2 Å². The number of alkyl halides is 1. The highest BCUT2D eigenvalue weighted by Gasteiger charge is 2.45. The largest absolute Gasteiger partial charge is 0.343 e. The Morgan fingerprint density at radius 2 is 1.81 bits per heavy atom. The number of halogens is 1. The van der Waals surface area contributed by atoms with Gasteiger partial charge in [-0.1, -0.05) is 75.3 Å². The summed E-state index contributed by atoms with van der Waals surface area (Å²) >= 11 is 7.03. The van der Waals surface area contributed by atoms with Crippen molar-refractivity contribution < 1.29 is 4.79 Å². The van der Waals surface area contributed by atoms with Gasteiger partial charge >= 0.3 is 0 Å². The van der Waals surface area contributed by atoms with E-state index in [0.29, 0.717) is 6.54 Å². The minimum Gasteiger partial charge on any atom is -0.343 e. The van der Waals surface area contributed by atoms with Crippen molar-refractivity contribution in [3.63, 3.8) is 0 Å². The van der Waals surface area contributed by atoms with Crippen molar-refractivity contribution in [3.8, 4) is 11.8 Å². The maximum Gasteiger partial charge on any atom is 0.246 e. The predicted molar refractivity (Wildman–Crippen MR) is 109 cm³/mol. The van der Waals surface area contributed by atoms with Crippen molar-refractivity contribution in [1.29, 1.82) is 0 Å². The second-order valence-corrected chi connectivity index (χ2v) is 7.51. The highest BCUT2D eigenvalue weighted by molar-refractivity contribution is 6.35. The summed E-state index contributed by atoms with van der Waals surface area (Å²) in [7, 11) is 0. The minimum atomic E-state index is -0.998. The lowest BCUT2D eigenvalue weighted by atomic mass is 9.75. The molecule has 0 heterocycles. The molecule has 0 radical (unpaired) electrons. The number of carbonyl (C=O) groups excluding carboxylic acids is 1. The highest BCUT2D eigenvalue weighted by atomic mass is 35.5. The van der Waals surface area contributed by atoms with Gasteiger partial charge in [-0.15, -0.1) is 11.6 Å². The number of carbonyl (C=O) groups is 1. The molecule has 142 valence electrons. The zero-order chi connectivity index (χ0) is 18.8. The fourth-order valence-corrected chi connectivity index (χ4v) is 4.07. The molecule has 1 atom stereocenters. The van der Waals surface area contributed by atoms with Crippen LogP contribution in [0.15, 0.2) is 30.3 Å². The van der Waals surface area contributed by atoms with E-state index in [1.54, 1.807) is 0 Å². The van der Waals surface area contributed by atoms with Crippen LogP contribution in [0.25, 0.3) is 0 Å². The molecule has 4 heteroatoms. The van der Waals surface area contributed by atoms with E-state index in [1.165, 1.54) is 6.42 Å². The summed E-state index contributed by atoms with van der Waals surface area (Å²) in [4.78, 5) is 14.3. The average molecular weight is 375 g/mol. The van der Waals surface area contributed by atoms with Gasteiger partial charge in [0.25, 0.3) is 0 Å².